The molecule has 4 unspecified atom stereocenters. The van der Waals surface area contributed by atoms with E-state index in [4.69, 9.17) is 0 Å². The van der Waals surface area contributed by atoms with Crippen LogP contribution in [0.3, 0.4) is 0 Å². The molecule has 0 spiro atoms. The Balaban J connectivity index is 1.42. The molecule has 1 heterocycles. The van der Waals surface area contributed by atoms with Gasteiger partial charge in [0.05, 0.1) is 0 Å². The van der Waals surface area contributed by atoms with Crippen molar-refractivity contribution in [2.24, 2.45) is 17.8 Å². The van der Waals surface area contributed by atoms with Crippen molar-refractivity contribution in [2.45, 2.75) is 51.0 Å². The molecule has 3 aliphatic rings. The summed E-state index contributed by atoms with van der Waals surface area (Å²) in [4.78, 5) is 2.61. The SMILES string of the molecule is CN(CC1CCCCN1)CC1CC2CCC1C2. The van der Waals surface area contributed by atoms with Crippen LogP contribution in [0.2, 0.25) is 0 Å². The molecule has 2 bridgehead atoms. The highest BCUT2D eigenvalue weighted by atomic mass is 15.1. The number of rotatable bonds is 4. The van der Waals surface area contributed by atoms with Gasteiger partial charge < -0.3 is 10.2 Å². The van der Waals surface area contributed by atoms with E-state index in [2.05, 4.69) is 17.3 Å². The van der Waals surface area contributed by atoms with Crippen molar-refractivity contribution in [2.75, 3.05) is 26.7 Å². The Morgan fingerprint density at radius 1 is 1.06 bits per heavy atom. The largest absolute Gasteiger partial charge is 0.313 e. The summed E-state index contributed by atoms with van der Waals surface area (Å²) in [5.74, 6) is 3.22. The van der Waals surface area contributed by atoms with Crippen molar-refractivity contribution in [3.63, 3.8) is 0 Å². The molecule has 2 heteroatoms. The lowest BCUT2D eigenvalue weighted by Crippen LogP contribution is -2.43. The number of fused-ring (bicyclic) bond motifs is 2. The summed E-state index contributed by atoms with van der Waals surface area (Å²) < 4.78 is 0. The molecule has 1 aliphatic heterocycles. The van der Waals surface area contributed by atoms with E-state index in [0.717, 1.165) is 23.8 Å². The fraction of sp³-hybridized carbons (Fsp3) is 1.00. The van der Waals surface area contributed by atoms with Gasteiger partial charge >= 0.3 is 0 Å². The Morgan fingerprint density at radius 3 is 2.65 bits per heavy atom. The maximum atomic E-state index is 3.67. The molecule has 2 nitrogen and oxygen atoms in total. The van der Waals surface area contributed by atoms with Crippen LogP contribution < -0.4 is 5.32 Å². The molecule has 2 saturated carbocycles. The molecule has 3 fully saturated rings. The van der Waals surface area contributed by atoms with Crippen molar-refractivity contribution in [3.8, 4) is 0 Å². The van der Waals surface area contributed by atoms with Crippen molar-refractivity contribution < 1.29 is 0 Å². The first kappa shape index (κ1) is 12.0. The number of hydrogen-bond donors (Lipinski definition) is 1. The third-order valence-corrected chi connectivity index (χ3v) is 5.38. The molecule has 4 atom stereocenters. The third-order valence-electron chi connectivity index (χ3n) is 5.38. The normalized spacial score (nSPS) is 41.3. The molecule has 3 rings (SSSR count). The van der Waals surface area contributed by atoms with Gasteiger partial charge in [0, 0.05) is 19.1 Å². The fourth-order valence-corrected chi connectivity index (χ4v) is 4.53. The van der Waals surface area contributed by atoms with Crippen molar-refractivity contribution in [1.29, 1.82) is 0 Å². The highest BCUT2D eigenvalue weighted by molar-refractivity contribution is 4.91. The molecule has 0 aromatic rings. The van der Waals surface area contributed by atoms with Gasteiger partial charge in [-0.3, -0.25) is 0 Å². The summed E-state index contributed by atoms with van der Waals surface area (Å²) in [7, 11) is 2.34. The van der Waals surface area contributed by atoms with Crippen LogP contribution in [0.1, 0.15) is 44.9 Å². The van der Waals surface area contributed by atoms with Crippen molar-refractivity contribution >= 4 is 0 Å². The number of nitrogens with one attached hydrogen (secondary N) is 1. The smallest absolute Gasteiger partial charge is 0.0194 e. The molecule has 1 N–H and O–H groups in total. The molecule has 17 heavy (non-hydrogen) atoms. The van der Waals surface area contributed by atoms with Gasteiger partial charge in [-0.2, -0.15) is 0 Å². The second-order valence-electron chi connectivity index (χ2n) is 6.80. The van der Waals surface area contributed by atoms with E-state index < -0.39 is 0 Å². The number of likely N-dealkylation sites (N-methyl/N-ethyl adjacent to an activating group) is 1. The molecule has 0 aromatic carbocycles. The minimum Gasteiger partial charge on any atom is -0.313 e. The van der Waals surface area contributed by atoms with Gasteiger partial charge in [0.25, 0.3) is 0 Å². The van der Waals surface area contributed by atoms with Crippen LogP contribution in [0, 0.1) is 17.8 Å². The van der Waals surface area contributed by atoms with E-state index in [-0.39, 0.29) is 0 Å². The van der Waals surface area contributed by atoms with Crippen LogP contribution in [0.25, 0.3) is 0 Å². The maximum absolute atomic E-state index is 3.67. The Bertz CT molecular complexity index is 247. The monoisotopic (exact) mass is 236 g/mol. The average molecular weight is 236 g/mol. The van der Waals surface area contributed by atoms with Crippen LogP contribution in [0.15, 0.2) is 0 Å². The molecular weight excluding hydrogens is 208 g/mol. The summed E-state index contributed by atoms with van der Waals surface area (Å²) in [6.07, 6.45) is 10.4. The highest BCUT2D eigenvalue weighted by Crippen LogP contribution is 2.48. The Hall–Kier alpha value is -0.0800. The second-order valence-corrected chi connectivity index (χ2v) is 6.80. The van der Waals surface area contributed by atoms with Crippen LogP contribution in [0.5, 0.6) is 0 Å². The lowest BCUT2D eigenvalue weighted by molar-refractivity contribution is 0.195. The quantitative estimate of drug-likeness (QED) is 0.807. The summed E-state index contributed by atoms with van der Waals surface area (Å²) in [6, 6.07) is 0.771. The topological polar surface area (TPSA) is 15.3 Å². The Morgan fingerprint density at radius 2 is 2.00 bits per heavy atom. The molecule has 0 amide bonds. The van der Waals surface area contributed by atoms with Gasteiger partial charge in [-0.15, -0.1) is 0 Å². The number of nitrogens with zero attached hydrogens (tertiary/aromatic N) is 1. The lowest BCUT2D eigenvalue weighted by atomic mass is 9.88. The van der Waals surface area contributed by atoms with Crippen LogP contribution in [-0.2, 0) is 0 Å². The van der Waals surface area contributed by atoms with Gasteiger partial charge in [0.1, 0.15) is 0 Å². The zero-order valence-corrected chi connectivity index (χ0v) is 11.3. The van der Waals surface area contributed by atoms with E-state index in [1.807, 2.05) is 0 Å². The van der Waals surface area contributed by atoms with Crippen LogP contribution in [0.4, 0.5) is 0 Å². The molecule has 0 aromatic heterocycles. The summed E-state index contributed by atoms with van der Waals surface area (Å²) in [5.41, 5.74) is 0. The van der Waals surface area contributed by atoms with Gasteiger partial charge in [0.2, 0.25) is 0 Å². The van der Waals surface area contributed by atoms with Gasteiger partial charge in [-0.1, -0.05) is 12.8 Å². The lowest BCUT2D eigenvalue weighted by Gasteiger charge is -2.31. The standard InChI is InChI=1S/C15H28N2/c1-17(11-15-4-2-3-7-16-15)10-14-9-12-5-6-13(14)8-12/h12-16H,2-11H2,1H3. The second kappa shape index (κ2) is 5.27. The predicted molar refractivity (Wildman–Crippen MR) is 72.1 cm³/mol. The number of hydrogen-bond acceptors (Lipinski definition) is 2. The van der Waals surface area contributed by atoms with E-state index in [9.17, 15) is 0 Å². The number of piperidine rings is 1. The van der Waals surface area contributed by atoms with Crippen molar-refractivity contribution in [1.82, 2.24) is 10.2 Å². The molecule has 98 valence electrons. The van der Waals surface area contributed by atoms with Crippen molar-refractivity contribution in [3.05, 3.63) is 0 Å². The van der Waals surface area contributed by atoms with Gasteiger partial charge in [-0.25, -0.2) is 0 Å². The summed E-state index contributed by atoms with van der Waals surface area (Å²) in [5, 5.41) is 3.67. The zero-order valence-electron chi connectivity index (χ0n) is 11.3. The predicted octanol–water partition coefficient (Wildman–Crippen LogP) is 2.50. The van der Waals surface area contributed by atoms with Gasteiger partial charge in [0.15, 0.2) is 0 Å². The Kier molecular flexibility index (Phi) is 3.72. The van der Waals surface area contributed by atoms with E-state index in [0.29, 0.717) is 0 Å². The van der Waals surface area contributed by atoms with E-state index in [1.165, 1.54) is 58.2 Å². The zero-order chi connectivity index (χ0) is 11.7. The molecule has 1 saturated heterocycles. The average Bonchev–Trinajstić information content (AvgIpc) is 2.92. The van der Waals surface area contributed by atoms with Crippen LogP contribution >= 0.6 is 0 Å². The minimum atomic E-state index is 0.771. The molecule has 2 aliphatic carbocycles. The van der Waals surface area contributed by atoms with Crippen LogP contribution in [-0.4, -0.2) is 37.6 Å². The van der Waals surface area contributed by atoms with E-state index >= 15 is 0 Å². The first-order valence-corrected chi connectivity index (χ1v) is 7.73. The fourth-order valence-electron chi connectivity index (χ4n) is 4.53. The highest BCUT2D eigenvalue weighted by Gasteiger charge is 2.39. The molecule has 0 radical (unpaired) electrons. The third kappa shape index (κ3) is 2.85. The first-order valence-electron chi connectivity index (χ1n) is 7.73. The van der Waals surface area contributed by atoms with Gasteiger partial charge in [-0.05, 0) is 63.5 Å². The molecular formula is C15H28N2. The summed E-state index contributed by atoms with van der Waals surface area (Å²) in [6.45, 7) is 3.87. The maximum Gasteiger partial charge on any atom is 0.0194 e. The van der Waals surface area contributed by atoms with E-state index in [1.54, 1.807) is 6.42 Å². The first-order chi connectivity index (χ1) is 8.31. The Labute approximate surface area is 106 Å². The summed E-state index contributed by atoms with van der Waals surface area (Å²) >= 11 is 0. The minimum absolute atomic E-state index is 0.771.